The van der Waals surface area contributed by atoms with Crippen LogP contribution in [0.15, 0.2) is 51.6 Å². The van der Waals surface area contributed by atoms with Crippen molar-refractivity contribution in [1.29, 1.82) is 5.26 Å². The van der Waals surface area contributed by atoms with Gasteiger partial charge in [0.2, 0.25) is 10.0 Å². The number of nitrogens with zero attached hydrogens (tertiary/aromatic N) is 5. The van der Waals surface area contributed by atoms with Gasteiger partial charge in [0.25, 0.3) is 5.56 Å². The minimum Gasteiger partial charge on any atom is -0.491 e. The summed E-state index contributed by atoms with van der Waals surface area (Å²) in [6, 6.07) is 9.80. The second-order valence-electron chi connectivity index (χ2n) is 9.45. The molecule has 0 aliphatic rings. The van der Waals surface area contributed by atoms with E-state index in [4.69, 9.17) is 27.9 Å². The molecule has 0 unspecified atom stereocenters. The number of aromatic carboxylic acids is 1. The van der Waals surface area contributed by atoms with Crippen LogP contribution >= 0.6 is 34.5 Å². The van der Waals surface area contributed by atoms with Crippen molar-refractivity contribution in [3.05, 3.63) is 79.3 Å². The average Bonchev–Trinajstić information content (AvgIpc) is 3.40. The molecule has 0 saturated heterocycles. The molecule has 0 aliphatic carbocycles. The fourth-order valence-electron chi connectivity index (χ4n) is 4.58. The van der Waals surface area contributed by atoms with Crippen molar-refractivity contribution in [3.8, 4) is 22.9 Å². The smallest absolute Gasteiger partial charge is 0.338 e. The minimum absolute atomic E-state index is 0.00429. The number of fused-ring (bicyclic) bond motifs is 2. The number of carbonyl (C=O) groups is 1. The number of pyridine rings is 1. The number of carboxylic acids is 1. The molecule has 5 aromatic rings. The number of benzene rings is 2. The minimum atomic E-state index is -4.02. The lowest BCUT2D eigenvalue weighted by atomic mass is 10.0. The lowest BCUT2D eigenvalue weighted by Crippen LogP contribution is -2.28. The highest BCUT2D eigenvalue weighted by atomic mass is 35.5. The van der Waals surface area contributed by atoms with Crippen LogP contribution < -0.4 is 10.3 Å². The van der Waals surface area contributed by atoms with Gasteiger partial charge in [-0.15, -0.1) is 11.3 Å². The lowest BCUT2D eigenvalue weighted by Gasteiger charge is -2.17. The van der Waals surface area contributed by atoms with Crippen LogP contribution in [0.5, 0.6) is 5.75 Å². The van der Waals surface area contributed by atoms with Crippen molar-refractivity contribution < 1.29 is 23.1 Å². The van der Waals surface area contributed by atoms with E-state index in [2.05, 4.69) is 9.97 Å². The van der Waals surface area contributed by atoms with Gasteiger partial charge in [-0.1, -0.05) is 23.2 Å². The van der Waals surface area contributed by atoms with Gasteiger partial charge in [-0.2, -0.15) is 5.26 Å². The number of aromatic nitrogens is 3. The number of aryl methyl sites for hydroxylation is 1. The number of thiophene rings is 1. The predicted octanol–water partition coefficient (Wildman–Crippen LogP) is 5.19. The molecule has 0 amide bonds. The molecule has 220 valence electrons. The number of carboxylic acid groups (broad SMARTS) is 1. The number of hydrogen-bond acceptors (Lipinski definition) is 9. The first-order valence-electron chi connectivity index (χ1n) is 12.4. The molecular weight excluding hydrogens is 637 g/mol. The Labute approximate surface area is 259 Å². The molecule has 3 heterocycles. The molecule has 0 aliphatic heterocycles. The van der Waals surface area contributed by atoms with E-state index >= 15 is 0 Å². The van der Waals surface area contributed by atoms with Crippen molar-refractivity contribution in [2.75, 3.05) is 20.7 Å². The molecule has 15 heteroatoms. The molecule has 1 N–H and O–H groups in total. The molecule has 0 radical (unpaired) electrons. The summed E-state index contributed by atoms with van der Waals surface area (Å²) in [7, 11) is -1.36. The SMILES string of the molecule is Cc1nc2cc(S(=O)(=O)N(C)C)c(Cl)c(C#N)c2c(=O)n1CCOc1ccc(Cl)cc1-c1ccnc2c(C(=O)O)csc12. The Hall–Kier alpha value is -4.06. The molecule has 11 nitrogen and oxygen atoms in total. The fourth-order valence-corrected chi connectivity index (χ4v) is 7.24. The number of halogens is 2. The summed E-state index contributed by atoms with van der Waals surface area (Å²) in [6.45, 7) is 1.62. The first-order chi connectivity index (χ1) is 20.4. The van der Waals surface area contributed by atoms with E-state index in [-0.39, 0.29) is 50.9 Å². The molecule has 0 saturated carbocycles. The van der Waals surface area contributed by atoms with Gasteiger partial charge in [0.15, 0.2) is 0 Å². The van der Waals surface area contributed by atoms with E-state index in [1.54, 1.807) is 31.2 Å². The van der Waals surface area contributed by atoms with Crippen molar-refractivity contribution in [3.63, 3.8) is 0 Å². The van der Waals surface area contributed by atoms with Gasteiger partial charge in [0, 0.05) is 41.8 Å². The average molecular weight is 659 g/mol. The maximum Gasteiger partial charge on any atom is 0.338 e. The second kappa shape index (κ2) is 11.6. The molecule has 5 rings (SSSR count). The van der Waals surface area contributed by atoms with Gasteiger partial charge in [-0.3, -0.25) is 14.3 Å². The van der Waals surface area contributed by atoms with Gasteiger partial charge in [0.1, 0.15) is 29.1 Å². The summed E-state index contributed by atoms with van der Waals surface area (Å²) < 4.78 is 34.6. The highest BCUT2D eigenvalue weighted by Gasteiger charge is 2.27. The number of rotatable bonds is 8. The van der Waals surface area contributed by atoms with Crippen LogP contribution in [0.1, 0.15) is 21.7 Å². The lowest BCUT2D eigenvalue weighted by molar-refractivity contribution is 0.0699. The fraction of sp³-hybridized carbons (Fsp3) is 0.179. The van der Waals surface area contributed by atoms with Crippen LogP contribution in [0.3, 0.4) is 0 Å². The number of hydrogen-bond donors (Lipinski definition) is 1. The first kappa shape index (κ1) is 30.4. The van der Waals surface area contributed by atoms with Gasteiger partial charge >= 0.3 is 5.97 Å². The Morgan fingerprint density at radius 1 is 1.21 bits per heavy atom. The summed E-state index contributed by atoms with van der Waals surface area (Å²) in [5, 5.41) is 20.9. The monoisotopic (exact) mass is 657 g/mol. The normalized spacial score (nSPS) is 11.7. The Bertz CT molecular complexity index is 2170. The maximum atomic E-state index is 13.6. The van der Waals surface area contributed by atoms with Crippen LogP contribution in [-0.4, -0.2) is 59.0 Å². The molecule has 0 bridgehead atoms. The molecule has 0 atom stereocenters. The number of sulfonamides is 1. The quantitative estimate of drug-likeness (QED) is 0.237. The van der Waals surface area contributed by atoms with E-state index in [1.807, 2.05) is 6.07 Å². The summed E-state index contributed by atoms with van der Waals surface area (Å²) in [5.74, 6) is -0.381. The van der Waals surface area contributed by atoms with Gasteiger partial charge in [-0.05, 0) is 37.3 Å². The predicted molar refractivity (Wildman–Crippen MR) is 164 cm³/mol. The van der Waals surface area contributed by atoms with Crippen molar-refractivity contribution in [2.45, 2.75) is 18.4 Å². The summed E-state index contributed by atoms with van der Waals surface area (Å²) in [5.41, 5.74) is 0.882. The topological polar surface area (TPSA) is 155 Å². The van der Waals surface area contributed by atoms with Gasteiger partial charge in [0.05, 0.1) is 43.8 Å². The van der Waals surface area contributed by atoms with E-state index in [0.717, 1.165) is 4.31 Å². The van der Waals surface area contributed by atoms with Gasteiger partial charge in [-0.25, -0.2) is 22.5 Å². The van der Waals surface area contributed by atoms with Crippen LogP contribution in [0.2, 0.25) is 10.0 Å². The standard InChI is InChI=1S/C28H21Cl2N5O6S2/c1-14-33-20-11-22(43(39,40)34(2)3)24(30)18(12-31)23(20)27(36)35(14)8-9-41-21-5-4-15(29)10-17(21)16-6-7-32-25-19(28(37)38)13-42-26(16)25/h4-7,10-11,13H,8-9H2,1-3H3,(H,37,38). The third-order valence-electron chi connectivity index (χ3n) is 6.70. The van der Waals surface area contributed by atoms with Crippen molar-refractivity contribution in [2.24, 2.45) is 0 Å². The highest BCUT2D eigenvalue weighted by Crippen LogP contribution is 2.39. The zero-order valence-corrected chi connectivity index (χ0v) is 25.9. The summed E-state index contributed by atoms with van der Waals surface area (Å²) in [6.07, 6.45) is 1.51. The summed E-state index contributed by atoms with van der Waals surface area (Å²) in [4.78, 5) is 33.6. The third kappa shape index (κ3) is 5.32. The van der Waals surface area contributed by atoms with Crippen LogP contribution in [0.25, 0.3) is 32.2 Å². The molecule has 0 spiro atoms. The largest absolute Gasteiger partial charge is 0.491 e. The maximum absolute atomic E-state index is 13.6. The van der Waals surface area contributed by atoms with E-state index in [1.165, 1.54) is 47.6 Å². The van der Waals surface area contributed by atoms with Crippen LogP contribution in [-0.2, 0) is 16.6 Å². The molecule has 0 fully saturated rings. The van der Waals surface area contributed by atoms with Crippen molar-refractivity contribution in [1.82, 2.24) is 18.8 Å². The third-order valence-corrected chi connectivity index (χ3v) is 10.3. The molecular formula is C28H21Cl2N5O6S2. The Balaban J connectivity index is 1.52. The Kier molecular flexibility index (Phi) is 8.17. The Morgan fingerprint density at radius 2 is 1.95 bits per heavy atom. The van der Waals surface area contributed by atoms with E-state index < -0.39 is 21.6 Å². The summed E-state index contributed by atoms with van der Waals surface area (Å²) >= 11 is 13.9. The zero-order chi connectivity index (χ0) is 31.2. The number of nitriles is 1. The molecule has 43 heavy (non-hydrogen) atoms. The van der Waals surface area contributed by atoms with Crippen molar-refractivity contribution >= 4 is 71.7 Å². The Morgan fingerprint density at radius 3 is 2.63 bits per heavy atom. The van der Waals surface area contributed by atoms with E-state index in [0.29, 0.717) is 32.1 Å². The first-order valence-corrected chi connectivity index (χ1v) is 15.5. The van der Waals surface area contributed by atoms with Crippen LogP contribution in [0.4, 0.5) is 0 Å². The van der Waals surface area contributed by atoms with Gasteiger partial charge < -0.3 is 9.84 Å². The molecule has 2 aromatic carbocycles. The highest BCUT2D eigenvalue weighted by molar-refractivity contribution is 7.89. The molecule has 3 aromatic heterocycles. The van der Waals surface area contributed by atoms with E-state index in [9.17, 15) is 28.4 Å². The number of ether oxygens (including phenoxy) is 1. The zero-order valence-electron chi connectivity index (χ0n) is 22.8. The second-order valence-corrected chi connectivity index (χ2v) is 13.3. The van der Waals surface area contributed by atoms with Crippen LogP contribution in [0, 0.1) is 18.3 Å².